The van der Waals surface area contributed by atoms with Crippen molar-refractivity contribution in [3.8, 4) is 5.75 Å². The van der Waals surface area contributed by atoms with Gasteiger partial charge in [-0.1, -0.05) is 12.1 Å². The van der Waals surface area contributed by atoms with Crippen LogP contribution in [0.4, 0.5) is 0 Å². The fourth-order valence-electron chi connectivity index (χ4n) is 3.60. The van der Waals surface area contributed by atoms with Crippen LogP contribution in [0.15, 0.2) is 24.3 Å². The molecule has 0 aliphatic heterocycles. The Labute approximate surface area is 224 Å². The van der Waals surface area contributed by atoms with Gasteiger partial charge in [-0.2, -0.15) is 0 Å². The Hall–Kier alpha value is -3.79. The van der Waals surface area contributed by atoms with E-state index in [1.807, 2.05) is 6.92 Å². The smallest absolute Gasteiger partial charge is 0.323 e. The second-order valence-corrected chi connectivity index (χ2v) is 8.48. The van der Waals surface area contributed by atoms with Crippen molar-refractivity contribution in [2.75, 3.05) is 65.6 Å². The van der Waals surface area contributed by atoms with Crippen LogP contribution in [-0.2, 0) is 35.3 Å². The number of aliphatic carboxylic acids is 5. The van der Waals surface area contributed by atoms with Crippen molar-refractivity contribution < 1.29 is 59.0 Å². The molecular formula is C24H35N3O12. The van der Waals surface area contributed by atoms with Gasteiger partial charge < -0.3 is 35.0 Å². The molecule has 1 aromatic rings. The van der Waals surface area contributed by atoms with Crippen molar-refractivity contribution in [3.63, 3.8) is 0 Å². The van der Waals surface area contributed by atoms with Gasteiger partial charge >= 0.3 is 29.8 Å². The third-order valence-corrected chi connectivity index (χ3v) is 5.36. The number of carboxylic acids is 5. The minimum absolute atomic E-state index is 0.0558. The first-order valence-corrected chi connectivity index (χ1v) is 12.0. The van der Waals surface area contributed by atoms with Gasteiger partial charge in [0, 0.05) is 26.2 Å². The van der Waals surface area contributed by atoms with Gasteiger partial charge in [0.15, 0.2) is 0 Å². The Bertz CT molecular complexity index is 940. The number of rotatable bonds is 22. The quantitative estimate of drug-likeness (QED) is 0.119. The summed E-state index contributed by atoms with van der Waals surface area (Å²) in [4.78, 5) is 60.3. The number of hydrogen-bond donors (Lipinski definition) is 5. The lowest BCUT2D eigenvalue weighted by molar-refractivity contribution is -0.149. The summed E-state index contributed by atoms with van der Waals surface area (Å²) in [7, 11) is 0. The maximum atomic E-state index is 12.0. The molecule has 0 aliphatic carbocycles. The van der Waals surface area contributed by atoms with Crippen LogP contribution in [-0.4, -0.2) is 142 Å². The van der Waals surface area contributed by atoms with E-state index in [1.54, 1.807) is 24.3 Å². The number of carbonyl (C=O) groups is 5. The average molecular weight is 558 g/mol. The SMILES string of the molecule is CCOc1ccc(COCC(C(=O)O)N(CCN(CCN(CC(=O)O)CC(=O)O)CC(=O)O)CC(=O)O)cc1. The fourth-order valence-corrected chi connectivity index (χ4v) is 3.60. The molecule has 1 aromatic carbocycles. The summed E-state index contributed by atoms with van der Waals surface area (Å²) in [5.41, 5.74) is 0.743. The third kappa shape index (κ3) is 14.7. The summed E-state index contributed by atoms with van der Waals surface area (Å²) in [6, 6.07) is 5.61. The molecule has 0 saturated heterocycles. The summed E-state index contributed by atoms with van der Waals surface area (Å²) >= 11 is 0. The summed E-state index contributed by atoms with van der Waals surface area (Å²) < 4.78 is 10.9. The number of nitrogens with zero attached hydrogens (tertiary/aromatic N) is 3. The molecule has 1 atom stereocenters. The van der Waals surface area contributed by atoms with Gasteiger partial charge in [-0.05, 0) is 24.6 Å². The zero-order chi connectivity index (χ0) is 29.4. The Morgan fingerprint density at radius 1 is 0.718 bits per heavy atom. The molecular weight excluding hydrogens is 522 g/mol. The van der Waals surface area contributed by atoms with E-state index < -0.39 is 62.1 Å². The van der Waals surface area contributed by atoms with Gasteiger partial charge in [0.2, 0.25) is 0 Å². The second-order valence-electron chi connectivity index (χ2n) is 8.48. The summed E-state index contributed by atoms with van der Waals surface area (Å²) in [5, 5.41) is 46.3. The molecule has 0 spiro atoms. The average Bonchev–Trinajstić information content (AvgIpc) is 2.82. The van der Waals surface area contributed by atoms with Crippen molar-refractivity contribution in [3.05, 3.63) is 29.8 Å². The largest absolute Gasteiger partial charge is 0.494 e. The van der Waals surface area contributed by atoms with E-state index in [9.17, 15) is 39.3 Å². The molecule has 0 radical (unpaired) electrons. The van der Waals surface area contributed by atoms with E-state index in [1.165, 1.54) is 4.90 Å². The molecule has 1 unspecified atom stereocenters. The van der Waals surface area contributed by atoms with Gasteiger partial charge in [-0.15, -0.1) is 0 Å². The van der Waals surface area contributed by atoms with Crippen molar-refractivity contribution >= 4 is 29.8 Å². The lowest BCUT2D eigenvalue weighted by Crippen LogP contribution is -2.50. The Kier molecular flexibility index (Phi) is 15.1. The molecule has 0 heterocycles. The molecule has 0 saturated carbocycles. The molecule has 39 heavy (non-hydrogen) atoms. The highest BCUT2D eigenvalue weighted by Crippen LogP contribution is 2.13. The maximum Gasteiger partial charge on any atom is 0.323 e. The molecule has 15 heteroatoms. The molecule has 0 bridgehead atoms. The molecule has 5 N–H and O–H groups in total. The second kappa shape index (κ2) is 17.7. The van der Waals surface area contributed by atoms with E-state index in [0.717, 1.165) is 15.4 Å². The summed E-state index contributed by atoms with van der Waals surface area (Å²) in [6.07, 6.45) is 0. The minimum Gasteiger partial charge on any atom is -0.494 e. The fraction of sp³-hybridized carbons (Fsp3) is 0.542. The Morgan fingerprint density at radius 2 is 1.21 bits per heavy atom. The lowest BCUT2D eigenvalue weighted by atomic mass is 10.2. The zero-order valence-corrected chi connectivity index (χ0v) is 21.6. The molecule has 15 nitrogen and oxygen atoms in total. The first kappa shape index (κ1) is 33.2. The van der Waals surface area contributed by atoms with Crippen LogP contribution in [0, 0.1) is 0 Å². The molecule has 1 rings (SSSR count). The van der Waals surface area contributed by atoms with Crippen molar-refractivity contribution in [2.24, 2.45) is 0 Å². The molecule has 0 fully saturated rings. The minimum atomic E-state index is -1.36. The normalized spacial score (nSPS) is 12.0. The van der Waals surface area contributed by atoms with Gasteiger partial charge in [0.1, 0.15) is 11.8 Å². The maximum absolute atomic E-state index is 12.0. The monoisotopic (exact) mass is 557 g/mol. The number of ether oxygens (including phenoxy) is 2. The first-order chi connectivity index (χ1) is 18.4. The first-order valence-electron chi connectivity index (χ1n) is 12.0. The van der Waals surface area contributed by atoms with Crippen LogP contribution in [0.5, 0.6) is 5.75 Å². The predicted octanol–water partition coefficient (Wildman–Crippen LogP) is -0.700. The van der Waals surface area contributed by atoms with Crippen molar-refractivity contribution in [1.29, 1.82) is 0 Å². The predicted molar refractivity (Wildman–Crippen MR) is 134 cm³/mol. The molecule has 218 valence electrons. The lowest BCUT2D eigenvalue weighted by Gasteiger charge is -2.30. The summed E-state index contributed by atoms with van der Waals surface area (Å²) in [5.74, 6) is -5.71. The highest BCUT2D eigenvalue weighted by molar-refractivity contribution is 5.76. The molecule has 0 amide bonds. The Morgan fingerprint density at radius 3 is 1.69 bits per heavy atom. The number of benzene rings is 1. The van der Waals surface area contributed by atoms with Crippen LogP contribution in [0.1, 0.15) is 12.5 Å². The van der Waals surface area contributed by atoms with E-state index in [0.29, 0.717) is 12.4 Å². The van der Waals surface area contributed by atoms with Gasteiger partial charge in [0.25, 0.3) is 0 Å². The highest BCUT2D eigenvalue weighted by atomic mass is 16.5. The van der Waals surface area contributed by atoms with E-state index in [-0.39, 0.29) is 39.4 Å². The molecule has 0 aliphatic rings. The number of carboxylic acid groups (broad SMARTS) is 5. The van der Waals surface area contributed by atoms with Crippen molar-refractivity contribution in [1.82, 2.24) is 14.7 Å². The Balaban J connectivity index is 2.86. The zero-order valence-electron chi connectivity index (χ0n) is 21.6. The van der Waals surface area contributed by atoms with Crippen LogP contribution >= 0.6 is 0 Å². The molecule has 0 aromatic heterocycles. The van der Waals surface area contributed by atoms with E-state index in [4.69, 9.17) is 19.7 Å². The standard InChI is InChI=1S/C24H35N3O12/c1-2-39-18-5-3-17(4-6-18)15-38-16-19(24(36)37)27(14-23(34)35)10-9-25(11-20(28)29)7-8-26(12-21(30)31)13-22(32)33/h3-6,19H,2,7-16H2,1H3,(H,28,29)(H,30,31)(H,32,33)(H,34,35)(H,36,37). The van der Waals surface area contributed by atoms with Crippen LogP contribution in [0.3, 0.4) is 0 Å². The van der Waals surface area contributed by atoms with Gasteiger partial charge in [-0.3, -0.25) is 38.7 Å². The van der Waals surface area contributed by atoms with Crippen molar-refractivity contribution in [2.45, 2.75) is 19.6 Å². The topological polar surface area (TPSA) is 215 Å². The van der Waals surface area contributed by atoms with Crippen LogP contribution in [0.25, 0.3) is 0 Å². The highest BCUT2D eigenvalue weighted by Gasteiger charge is 2.28. The third-order valence-electron chi connectivity index (χ3n) is 5.36. The van der Waals surface area contributed by atoms with Crippen LogP contribution in [0.2, 0.25) is 0 Å². The van der Waals surface area contributed by atoms with Crippen LogP contribution < -0.4 is 4.74 Å². The van der Waals surface area contributed by atoms with Gasteiger partial charge in [0.05, 0.1) is 46.0 Å². The summed E-state index contributed by atoms with van der Waals surface area (Å²) in [6.45, 7) is -0.672. The van der Waals surface area contributed by atoms with E-state index >= 15 is 0 Å². The van der Waals surface area contributed by atoms with Gasteiger partial charge in [-0.25, -0.2) is 0 Å². The van der Waals surface area contributed by atoms with E-state index in [2.05, 4.69) is 0 Å². The number of hydrogen-bond acceptors (Lipinski definition) is 10.